The fourth-order valence-electron chi connectivity index (χ4n) is 6.01. The first kappa shape index (κ1) is 22.3. The van der Waals surface area contributed by atoms with Crippen molar-refractivity contribution in [1.82, 2.24) is 0 Å². The van der Waals surface area contributed by atoms with Crippen LogP contribution in [0.15, 0.2) is 35.5 Å². The van der Waals surface area contributed by atoms with Crippen LogP contribution < -0.4 is 0 Å². The fraction of sp³-hybridized carbons (Fsp3) is 0.720. The Morgan fingerprint density at radius 1 is 1.41 bits per heavy atom. The number of esters is 1. The number of carbonyl (C=O) groups is 1. The summed E-state index contributed by atoms with van der Waals surface area (Å²) in [5.41, 5.74) is 3.27. The van der Waals surface area contributed by atoms with Crippen LogP contribution in [0.4, 0.5) is 0 Å². The number of carbonyl (C=O) groups excluding carboxylic acids is 1. The summed E-state index contributed by atoms with van der Waals surface area (Å²) < 4.78 is 4.79. The van der Waals surface area contributed by atoms with E-state index < -0.39 is 18.4 Å². The highest BCUT2D eigenvalue weighted by Gasteiger charge is 2.50. The molecule has 1 unspecified atom stereocenters. The lowest BCUT2D eigenvalue weighted by Crippen LogP contribution is -2.46. The standard InChI is InChI=1S/C25H38O4/c1-16(2)8-6-12-24(4)13-7-9-20-19(24)11-10-17(3)25(20,5)15-21(26)18-14-22(27)29-23(18)28/h11,14,17,20-21,23,26,28H,1,6-10,12-13,15H2,2-5H3/t17-,20-,21+,23?,24-,25-/m1/s1. The van der Waals surface area contributed by atoms with Crippen LogP contribution in [0.2, 0.25) is 0 Å². The lowest BCUT2D eigenvalue weighted by molar-refractivity contribution is -0.152. The highest BCUT2D eigenvalue weighted by Crippen LogP contribution is 2.59. The molecule has 3 aliphatic rings. The summed E-state index contributed by atoms with van der Waals surface area (Å²) in [5, 5.41) is 20.9. The van der Waals surface area contributed by atoms with Crippen LogP contribution >= 0.6 is 0 Å². The van der Waals surface area contributed by atoms with Gasteiger partial charge in [0.25, 0.3) is 0 Å². The Hall–Kier alpha value is -1.39. The van der Waals surface area contributed by atoms with Crippen molar-refractivity contribution in [2.75, 3.05) is 0 Å². The molecule has 2 N–H and O–H groups in total. The number of ether oxygens (including phenoxy) is 1. The Labute approximate surface area is 175 Å². The molecule has 6 atom stereocenters. The number of aliphatic hydroxyl groups is 2. The topological polar surface area (TPSA) is 66.8 Å². The normalized spacial score (nSPS) is 38.0. The minimum atomic E-state index is -1.31. The van der Waals surface area contributed by atoms with Crippen LogP contribution in [0, 0.1) is 22.7 Å². The predicted molar refractivity (Wildman–Crippen MR) is 115 cm³/mol. The molecule has 0 spiro atoms. The van der Waals surface area contributed by atoms with Gasteiger partial charge in [-0.3, -0.25) is 0 Å². The van der Waals surface area contributed by atoms with Crippen molar-refractivity contribution >= 4 is 5.97 Å². The zero-order valence-corrected chi connectivity index (χ0v) is 18.5. The van der Waals surface area contributed by atoms with Gasteiger partial charge < -0.3 is 14.9 Å². The maximum atomic E-state index is 11.5. The van der Waals surface area contributed by atoms with Crippen molar-refractivity contribution in [3.8, 4) is 0 Å². The Balaban J connectivity index is 1.81. The van der Waals surface area contributed by atoms with Crippen LogP contribution in [0.25, 0.3) is 0 Å². The average molecular weight is 403 g/mol. The van der Waals surface area contributed by atoms with Crippen LogP contribution in [0.1, 0.15) is 79.1 Å². The largest absolute Gasteiger partial charge is 0.429 e. The summed E-state index contributed by atoms with van der Waals surface area (Å²) in [4.78, 5) is 11.5. The lowest BCUT2D eigenvalue weighted by Gasteiger charge is -2.54. The number of fused-ring (bicyclic) bond motifs is 1. The third-order valence-corrected chi connectivity index (χ3v) is 8.05. The van der Waals surface area contributed by atoms with Gasteiger partial charge in [0.1, 0.15) is 0 Å². The molecule has 2 aliphatic carbocycles. The Kier molecular flexibility index (Phi) is 6.45. The molecule has 162 valence electrons. The summed E-state index contributed by atoms with van der Waals surface area (Å²) in [6, 6.07) is 0. The van der Waals surface area contributed by atoms with Crippen LogP contribution in [0.5, 0.6) is 0 Å². The molecule has 29 heavy (non-hydrogen) atoms. The van der Waals surface area contributed by atoms with Gasteiger partial charge in [-0.25, -0.2) is 4.79 Å². The molecule has 1 aliphatic heterocycles. The summed E-state index contributed by atoms with van der Waals surface area (Å²) in [6.45, 7) is 13.1. The predicted octanol–water partition coefficient (Wildman–Crippen LogP) is 5.06. The van der Waals surface area contributed by atoms with Gasteiger partial charge in [-0.1, -0.05) is 44.4 Å². The van der Waals surface area contributed by atoms with Crippen molar-refractivity contribution < 1.29 is 19.7 Å². The summed E-state index contributed by atoms with van der Waals surface area (Å²) in [5.74, 6) is 0.288. The van der Waals surface area contributed by atoms with E-state index in [1.54, 1.807) is 5.57 Å². The third-order valence-electron chi connectivity index (χ3n) is 8.05. The smallest absolute Gasteiger partial charge is 0.333 e. The second-order valence-electron chi connectivity index (χ2n) is 10.3. The molecule has 0 aromatic carbocycles. The second kappa shape index (κ2) is 8.39. The maximum absolute atomic E-state index is 11.5. The molecule has 3 rings (SSSR count). The van der Waals surface area contributed by atoms with Gasteiger partial charge in [0, 0.05) is 11.6 Å². The van der Waals surface area contributed by atoms with E-state index in [1.165, 1.54) is 37.3 Å². The molecule has 0 radical (unpaired) electrons. The Bertz CT molecular complexity index is 720. The van der Waals surface area contributed by atoms with E-state index in [0.717, 1.165) is 19.3 Å². The molecule has 1 fully saturated rings. The maximum Gasteiger partial charge on any atom is 0.333 e. The molecule has 0 aromatic rings. The van der Waals surface area contributed by atoms with E-state index >= 15 is 0 Å². The number of hydrogen-bond acceptors (Lipinski definition) is 4. The van der Waals surface area contributed by atoms with Crippen LogP contribution in [-0.2, 0) is 9.53 Å². The molecule has 0 bridgehead atoms. The van der Waals surface area contributed by atoms with E-state index in [2.05, 4.69) is 40.3 Å². The molecule has 0 amide bonds. The Morgan fingerprint density at radius 3 is 2.76 bits per heavy atom. The van der Waals surface area contributed by atoms with Gasteiger partial charge in [0.2, 0.25) is 6.29 Å². The van der Waals surface area contributed by atoms with Crippen molar-refractivity contribution in [2.24, 2.45) is 22.7 Å². The number of hydrogen-bond donors (Lipinski definition) is 2. The van der Waals surface area contributed by atoms with Gasteiger partial charge in [0.05, 0.1) is 6.10 Å². The monoisotopic (exact) mass is 402 g/mol. The van der Waals surface area contributed by atoms with Crippen molar-refractivity contribution in [3.05, 3.63) is 35.5 Å². The van der Waals surface area contributed by atoms with Gasteiger partial charge in [0.15, 0.2) is 0 Å². The van der Waals surface area contributed by atoms with E-state index in [1.807, 2.05) is 0 Å². The molecule has 4 heteroatoms. The zero-order valence-electron chi connectivity index (χ0n) is 18.5. The van der Waals surface area contributed by atoms with E-state index in [4.69, 9.17) is 4.74 Å². The van der Waals surface area contributed by atoms with Crippen LogP contribution in [-0.4, -0.2) is 28.6 Å². The second-order valence-corrected chi connectivity index (χ2v) is 10.3. The van der Waals surface area contributed by atoms with Crippen LogP contribution in [0.3, 0.4) is 0 Å². The summed E-state index contributed by atoms with van der Waals surface area (Å²) in [7, 11) is 0. The number of aliphatic hydroxyl groups excluding tert-OH is 2. The summed E-state index contributed by atoms with van der Waals surface area (Å²) in [6.07, 6.45) is 10.1. The van der Waals surface area contributed by atoms with E-state index in [0.29, 0.717) is 23.8 Å². The van der Waals surface area contributed by atoms with Gasteiger partial charge in [-0.15, -0.1) is 6.58 Å². The highest BCUT2D eigenvalue weighted by molar-refractivity contribution is 5.85. The number of allylic oxidation sites excluding steroid dienone is 3. The van der Waals surface area contributed by atoms with Gasteiger partial charge in [-0.2, -0.15) is 0 Å². The van der Waals surface area contributed by atoms with Crippen molar-refractivity contribution in [3.63, 3.8) is 0 Å². The van der Waals surface area contributed by atoms with Crippen molar-refractivity contribution in [2.45, 2.75) is 91.5 Å². The lowest BCUT2D eigenvalue weighted by atomic mass is 9.50. The number of cyclic esters (lactones) is 1. The SMILES string of the molecule is C=C(C)CCC[C@]1(C)CCC[C@@H]2C1=CC[C@@H](C)[C@@]2(C)C[C@H](O)C1=CC(=O)OC1O. The molecular weight excluding hydrogens is 364 g/mol. The first-order valence-electron chi connectivity index (χ1n) is 11.2. The molecule has 4 nitrogen and oxygen atoms in total. The zero-order chi connectivity index (χ0) is 21.4. The molecule has 0 saturated heterocycles. The first-order valence-corrected chi connectivity index (χ1v) is 11.2. The molecular formula is C25H38O4. The first-order chi connectivity index (χ1) is 13.6. The number of rotatable bonds is 7. The van der Waals surface area contributed by atoms with Gasteiger partial charge in [-0.05, 0) is 74.5 Å². The van der Waals surface area contributed by atoms with Gasteiger partial charge >= 0.3 is 5.97 Å². The van der Waals surface area contributed by atoms with Crippen molar-refractivity contribution in [1.29, 1.82) is 0 Å². The van der Waals surface area contributed by atoms with E-state index in [-0.39, 0.29) is 10.8 Å². The summed E-state index contributed by atoms with van der Waals surface area (Å²) >= 11 is 0. The molecule has 1 heterocycles. The minimum Gasteiger partial charge on any atom is -0.429 e. The third kappa shape index (κ3) is 4.39. The molecule has 0 aromatic heterocycles. The van der Waals surface area contributed by atoms with E-state index in [9.17, 15) is 15.0 Å². The quantitative estimate of drug-likeness (QED) is 0.461. The fourth-order valence-corrected chi connectivity index (χ4v) is 6.01. The highest BCUT2D eigenvalue weighted by atomic mass is 16.6. The molecule has 1 saturated carbocycles. The minimum absolute atomic E-state index is 0.0776. The average Bonchev–Trinajstić information content (AvgIpc) is 2.97. The Morgan fingerprint density at radius 2 is 2.14 bits per heavy atom.